The molecule has 7 heteroatoms. The van der Waals surface area contributed by atoms with E-state index in [0.717, 1.165) is 36.8 Å². The predicted octanol–water partition coefficient (Wildman–Crippen LogP) is 5.07. The summed E-state index contributed by atoms with van der Waals surface area (Å²) in [5, 5.41) is 3.69. The third kappa shape index (κ3) is 5.31. The molecule has 1 saturated heterocycles. The van der Waals surface area contributed by atoms with E-state index in [1.807, 2.05) is 23.1 Å². The molecule has 0 bridgehead atoms. The highest BCUT2D eigenvalue weighted by atomic mass is 35.5. The molecule has 2 aromatic carbocycles. The lowest BCUT2D eigenvalue weighted by Gasteiger charge is -2.44. The number of carbonyl (C=O) groups excluding carboxylic acids is 2. The number of thioether (sulfide) groups is 1. The SMILES string of the molecule is O=C(/C=C1\SC2CCCCC2N(Cc2ccc(F)cc2)C1=O)NCc1ccccc1Cl. The van der Waals surface area contributed by atoms with E-state index >= 15 is 0 Å². The summed E-state index contributed by atoms with van der Waals surface area (Å²) >= 11 is 7.67. The lowest BCUT2D eigenvalue weighted by atomic mass is 9.92. The van der Waals surface area contributed by atoms with Crippen molar-refractivity contribution in [3.05, 3.63) is 81.5 Å². The van der Waals surface area contributed by atoms with Gasteiger partial charge in [-0.25, -0.2) is 4.39 Å². The third-order valence-electron chi connectivity index (χ3n) is 5.76. The van der Waals surface area contributed by atoms with E-state index < -0.39 is 0 Å². The third-order valence-corrected chi connectivity index (χ3v) is 7.53. The summed E-state index contributed by atoms with van der Waals surface area (Å²) in [5.74, 6) is -0.743. The lowest BCUT2D eigenvalue weighted by molar-refractivity contribution is -0.130. The molecule has 2 amide bonds. The minimum Gasteiger partial charge on any atom is -0.348 e. The maximum absolute atomic E-state index is 13.3. The number of rotatable bonds is 5. The van der Waals surface area contributed by atoms with Gasteiger partial charge in [0, 0.05) is 35.5 Å². The Balaban J connectivity index is 1.50. The van der Waals surface area contributed by atoms with Crippen molar-refractivity contribution in [3.8, 4) is 0 Å². The number of benzene rings is 2. The fourth-order valence-electron chi connectivity index (χ4n) is 4.14. The van der Waals surface area contributed by atoms with Crippen LogP contribution >= 0.6 is 23.4 Å². The summed E-state index contributed by atoms with van der Waals surface area (Å²) < 4.78 is 13.3. The molecule has 0 aromatic heterocycles. The first-order chi connectivity index (χ1) is 15.0. The summed E-state index contributed by atoms with van der Waals surface area (Å²) in [6, 6.07) is 13.7. The number of hydrogen-bond acceptors (Lipinski definition) is 3. The van der Waals surface area contributed by atoms with Crippen LogP contribution in [0.3, 0.4) is 0 Å². The molecule has 2 atom stereocenters. The Morgan fingerprint density at radius 2 is 1.90 bits per heavy atom. The van der Waals surface area contributed by atoms with Gasteiger partial charge in [0.05, 0.1) is 4.91 Å². The Morgan fingerprint density at radius 3 is 2.68 bits per heavy atom. The topological polar surface area (TPSA) is 49.4 Å². The second-order valence-corrected chi connectivity index (χ2v) is 9.57. The van der Waals surface area contributed by atoms with Gasteiger partial charge < -0.3 is 10.2 Å². The zero-order chi connectivity index (χ0) is 21.8. The van der Waals surface area contributed by atoms with Crippen LogP contribution in [0, 0.1) is 5.82 Å². The Labute approximate surface area is 190 Å². The minimum absolute atomic E-state index is 0.134. The van der Waals surface area contributed by atoms with E-state index in [2.05, 4.69) is 5.32 Å². The van der Waals surface area contributed by atoms with Gasteiger partial charge in [-0.2, -0.15) is 0 Å². The van der Waals surface area contributed by atoms with Gasteiger partial charge in [-0.3, -0.25) is 9.59 Å². The van der Waals surface area contributed by atoms with Gasteiger partial charge in [0.2, 0.25) is 5.91 Å². The summed E-state index contributed by atoms with van der Waals surface area (Å²) in [6.07, 6.45) is 5.59. The second kappa shape index (κ2) is 9.88. The number of amides is 2. The zero-order valence-electron chi connectivity index (χ0n) is 17.0. The second-order valence-electron chi connectivity index (χ2n) is 7.89. The predicted molar refractivity (Wildman–Crippen MR) is 122 cm³/mol. The van der Waals surface area contributed by atoms with Gasteiger partial charge in [-0.05, 0) is 42.2 Å². The molecule has 0 spiro atoms. The molecule has 1 N–H and O–H groups in total. The molecule has 2 aliphatic rings. The molecule has 4 nitrogen and oxygen atoms in total. The van der Waals surface area contributed by atoms with Crippen molar-refractivity contribution in [1.82, 2.24) is 10.2 Å². The average Bonchev–Trinajstić information content (AvgIpc) is 2.77. The van der Waals surface area contributed by atoms with Crippen LogP contribution in [0.5, 0.6) is 0 Å². The summed E-state index contributed by atoms with van der Waals surface area (Å²) in [7, 11) is 0. The summed E-state index contributed by atoms with van der Waals surface area (Å²) in [6.45, 7) is 0.714. The fraction of sp³-hybridized carbons (Fsp3) is 0.333. The summed E-state index contributed by atoms with van der Waals surface area (Å²) in [5.41, 5.74) is 1.71. The van der Waals surface area contributed by atoms with Crippen LogP contribution < -0.4 is 5.32 Å². The van der Waals surface area contributed by atoms with Crippen molar-refractivity contribution < 1.29 is 14.0 Å². The first kappa shape index (κ1) is 21.9. The van der Waals surface area contributed by atoms with Crippen LogP contribution in [-0.2, 0) is 22.7 Å². The number of halogens is 2. The van der Waals surface area contributed by atoms with Gasteiger partial charge in [-0.1, -0.05) is 54.8 Å². The van der Waals surface area contributed by atoms with Crippen molar-refractivity contribution in [1.29, 1.82) is 0 Å². The first-order valence-electron chi connectivity index (χ1n) is 10.5. The molecule has 0 radical (unpaired) electrons. The van der Waals surface area contributed by atoms with Crippen molar-refractivity contribution in [2.75, 3.05) is 0 Å². The molecule has 1 aliphatic heterocycles. The molecule has 1 saturated carbocycles. The standard InChI is InChI=1S/C24H24ClFN2O2S/c25-19-6-2-1-5-17(19)14-27-23(29)13-22-24(30)28(15-16-9-11-18(26)12-10-16)20-7-3-4-8-21(20)31-22/h1-2,5-6,9-13,20-21H,3-4,7-8,14-15H2,(H,27,29)/b22-13-. The van der Waals surface area contributed by atoms with Crippen molar-refractivity contribution in [2.24, 2.45) is 0 Å². The van der Waals surface area contributed by atoms with E-state index in [1.54, 1.807) is 18.2 Å². The van der Waals surface area contributed by atoms with Gasteiger partial charge in [0.1, 0.15) is 5.82 Å². The maximum atomic E-state index is 13.3. The average molecular weight is 459 g/mol. The smallest absolute Gasteiger partial charge is 0.261 e. The van der Waals surface area contributed by atoms with E-state index in [4.69, 9.17) is 11.6 Å². The Bertz CT molecular complexity index is 995. The van der Waals surface area contributed by atoms with E-state index in [9.17, 15) is 14.0 Å². The number of nitrogens with one attached hydrogen (secondary N) is 1. The summed E-state index contributed by atoms with van der Waals surface area (Å²) in [4.78, 5) is 28.1. The molecule has 2 aromatic rings. The van der Waals surface area contributed by atoms with Crippen LogP contribution in [0.4, 0.5) is 4.39 Å². The van der Waals surface area contributed by atoms with Gasteiger partial charge in [0.15, 0.2) is 0 Å². The Kier molecular flexibility index (Phi) is 6.98. The number of hydrogen-bond donors (Lipinski definition) is 1. The highest BCUT2D eigenvalue weighted by Crippen LogP contribution is 2.42. The Hall–Kier alpha value is -2.31. The highest BCUT2D eigenvalue weighted by Gasteiger charge is 2.40. The molecule has 4 rings (SSSR count). The molecule has 2 unspecified atom stereocenters. The minimum atomic E-state index is -0.313. The van der Waals surface area contributed by atoms with Crippen LogP contribution in [0.15, 0.2) is 59.5 Å². The molecular weight excluding hydrogens is 435 g/mol. The quantitative estimate of drug-likeness (QED) is 0.636. The van der Waals surface area contributed by atoms with Gasteiger partial charge in [0.25, 0.3) is 5.91 Å². The van der Waals surface area contributed by atoms with Gasteiger partial charge in [-0.15, -0.1) is 11.8 Å². The molecular formula is C24H24ClFN2O2S. The number of nitrogens with zero attached hydrogens (tertiary/aromatic N) is 1. The molecule has 1 aliphatic carbocycles. The van der Waals surface area contributed by atoms with Crippen LogP contribution in [0.25, 0.3) is 0 Å². The largest absolute Gasteiger partial charge is 0.348 e. The van der Waals surface area contributed by atoms with Crippen LogP contribution in [0.2, 0.25) is 5.02 Å². The van der Waals surface area contributed by atoms with E-state index in [0.29, 0.717) is 23.0 Å². The molecule has 1 heterocycles. The van der Waals surface area contributed by atoms with Crippen LogP contribution in [-0.4, -0.2) is 28.0 Å². The number of carbonyl (C=O) groups is 2. The van der Waals surface area contributed by atoms with E-state index in [1.165, 1.54) is 30.0 Å². The molecule has 31 heavy (non-hydrogen) atoms. The van der Waals surface area contributed by atoms with Crippen LogP contribution in [0.1, 0.15) is 36.8 Å². The van der Waals surface area contributed by atoms with Crippen molar-refractivity contribution in [2.45, 2.75) is 50.1 Å². The highest BCUT2D eigenvalue weighted by molar-refractivity contribution is 8.04. The first-order valence-corrected chi connectivity index (χ1v) is 11.7. The molecule has 162 valence electrons. The lowest BCUT2D eigenvalue weighted by Crippen LogP contribution is -2.51. The molecule has 2 fully saturated rings. The van der Waals surface area contributed by atoms with Gasteiger partial charge >= 0.3 is 0 Å². The normalized spacial score (nSPS) is 22.3. The van der Waals surface area contributed by atoms with Crippen molar-refractivity contribution in [3.63, 3.8) is 0 Å². The van der Waals surface area contributed by atoms with E-state index in [-0.39, 0.29) is 28.9 Å². The monoisotopic (exact) mass is 458 g/mol. The maximum Gasteiger partial charge on any atom is 0.261 e. The van der Waals surface area contributed by atoms with Crippen molar-refractivity contribution >= 4 is 35.2 Å². The number of fused-ring (bicyclic) bond motifs is 1. The fourth-order valence-corrected chi connectivity index (χ4v) is 5.79. The Morgan fingerprint density at radius 1 is 1.16 bits per heavy atom. The zero-order valence-corrected chi connectivity index (χ0v) is 18.6.